The number of benzene rings is 4. The van der Waals surface area contributed by atoms with Crippen LogP contribution in [0.15, 0.2) is 94.7 Å². The molecule has 1 N–H and O–H groups in total. The molecule has 53 heavy (non-hydrogen) atoms. The van der Waals surface area contributed by atoms with Gasteiger partial charge in [-0.2, -0.15) is 4.31 Å². The smallest absolute Gasteiger partial charge is 0.264 e. The van der Waals surface area contributed by atoms with Crippen LogP contribution in [0.5, 0.6) is 17.2 Å². The summed E-state index contributed by atoms with van der Waals surface area (Å²) in [6.45, 7) is 7.29. The van der Waals surface area contributed by atoms with Gasteiger partial charge in [0.15, 0.2) is 0 Å². The van der Waals surface area contributed by atoms with Gasteiger partial charge in [-0.15, -0.1) is 0 Å². The van der Waals surface area contributed by atoms with Crippen LogP contribution in [0.25, 0.3) is 0 Å². The Hall–Kier alpha value is -4.14. The number of methoxy groups -OCH3 is 2. The molecule has 0 amide bonds. The van der Waals surface area contributed by atoms with Crippen LogP contribution >= 0.6 is 0 Å². The maximum absolute atomic E-state index is 14.4. The summed E-state index contributed by atoms with van der Waals surface area (Å²) in [5, 5.41) is 10.2. The van der Waals surface area contributed by atoms with Gasteiger partial charge in [0.1, 0.15) is 17.2 Å². The van der Waals surface area contributed by atoms with Gasteiger partial charge in [0.25, 0.3) is 10.0 Å². The van der Waals surface area contributed by atoms with Crippen molar-refractivity contribution in [3.05, 3.63) is 107 Å². The number of hydrogen-bond donors (Lipinski definition) is 1. The summed E-state index contributed by atoms with van der Waals surface area (Å²) in [5.74, 6) is 2.03. The molecule has 4 aromatic carbocycles. The highest BCUT2D eigenvalue weighted by molar-refractivity contribution is 7.92. The molecule has 0 radical (unpaired) electrons. The first-order valence-electron chi connectivity index (χ1n) is 17.7. The van der Waals surface area contributed by atoms with Crippen LogP contribution < -0.4 is 18.5 Å². The van der Waals surface area contributed by atoms with Crippen molar-refractivity contribution in [2.24, 2.45) is 11.8 Å². The quantitative estimate of drug-likeness (QED) is 0.127. The maximum atomic E-state index is 14.4. The van der Waals surface area contributed by atoms with E-state index in [0.29, 0.717) is 59.8 Å². The minimum Gasteiger partial charge on any atom is -0.497 e. The number of rotatable bonds is 17. The number of aliphatic hydroxyl groups is 1. The number of anilines is 1. The predicted octanol–water partition coefficient (Wildman–Crippen LogP) is 6.55. The molecule has 1 aliphatic heterocycles. The lowest BCUT2D eigenvalue weighted by molar-refractivity contribution is 0.0494. The first-order valence-corrected chi connectivity index (χ1v) is 20.6. The minimum absolute atomic E-state index is 0.00173. The van der Waals surface area contributed by atoms with E-state index in [2.05, 4.69) is 0 Å². The summed E-state index contributed by atoms with van der Waals surface area (Å²) in [7, 11) is -5.08. The second-order valence-electron chi connectivity index (χ2n) is 13.6. The highest BCUT2D eigenvalue weighted by Gasteiger charge is 2.31. The third kappa shape index (κ3) is 9.89. The van der Waals surface area contributed by atoms with Crippen LogP contribution in [0.4, 0.5) is 5.69 Å². The van der Waals surface area contributed by atoms with Crippen molar-refractivity contribution in [2.45, 2.75) is 63.1 Å². The minimum atomic E-state index is -4.14. The van der Waals surface area contributed by atoms with Gasteiger partial charge in [-0.3, -0.25) is 4.31 Å². The van der Waals surface area contributed by atoms with Crippen molar-refractivity contribution in [3.8, 4) is 17.2 Å². The van der Waals surface area contributed by atoms with Gasteiger partial charge in [-0.05, 0) is 109 Å². The Kier molecular flexibility index (Phi) is 13.4. The van der Waals surface area contributed by atoms with E-state index < -0.39 is 26.7 Å². The maximum Gasteiger partial charge on any atom is 0.264 e. The second-order valence-corrected chi connectivity index (χ2v) is 17.4. The van der Waals surface area contributed by atoms with Crippen molar-refractivity contribution >= 4 is 25.7 Å². The Balaban J connectivity index is 1.45. The van der Waals surface area contributed by atoms with Crippen molar-refractivity contribution in [1.82, 2.24) is 4.31 Å². The summed E-state index contributed by atoms with van der Waals surface area (Å²) < 4.78 is 82.2. The monoisotopic (exact) mass is 766 g/mol. The fourth-order valence-electron chi connectivity index (χ4n) is 6.20. The molecular formula is C40H50N2O9S2. The van der Waals surface area contributed by atoms with E-state index in [1.165, 1.54) is 32.9 Å². The van der Waals surface area contributed by atoms with Gasteiger partial charge in [-0.25, -0.2) is 16.8 Å². The van der Waals surface area contributed by atoms with E-state index in [1.54, 1.807) is 57.5 Å². The molecular weight excluding hydrogens is 717 g/mol. The summed E-state index contributed by atoms with van der Waals surface area (Å²) in [4.78, 5) is 0.0399. The number of nitrogens with zero attached hydrogens (tertiary/aromatic N) is 2. The van der Waals surface area contributed by atoms with E-state index in [4.69, 9.17) is 18.9 Å². The molecule has 0 aliphatic carbocycles. The predicted molar refractivity (Wildman–Crippen MR) is 204 cm³/mol. The normalized spacial score (nSPS) is 14.0. The van der Waals surface area contributed by atoms with Gasteiger partial charge in [0, 0.05) is 38.4 Å². The van der Waals surface area contributed by atoms with Crippen molar-refractivity contribution in [1.29, 1.82) is 0 Å². The molecule has 1 aliphatic rings. The fourth-order valence-corrected chi connectivity index (χ4v) is 9.44. The molecule has 1 fully saturated rings. The molecule has 0 saturated carbocycles. The highest BCUT2D eigenvalue weighted by atomic mass is 32.2. The first-order chi connectivity index (χ1) is 25.3. The molecule has 0 bridgehead atoms. The summed E-state index contributed by atoms with van der Waals surface area (Å²) in [6, 6.07) is 23.5. The molecule has 0 spiro atoms. The zero-order valence-corrected chi connectivity index (χ0v) is 32.7. The molecule has 0 atom stereocenters. The van der Waals surface area contributed by atoms with Crippen LogP contribution in [-0.4, -0.2) is 66.8 Å². The second kappa shape index (κ2) is 17.8. The summed E-state index contributed by atoms with van der Waals surface area (Å²) in [6.07, 6.45) is 1.77. The standard InChI is InChI=1S/C40H50N2O9S2/c1-29(2)24-42(53(46,47)38-15-17-40(34(23-38)27-43)51-28-33-18-20-50-21-19-33)39-16-14-37(22-30(39)3)52(44,45)41(25-31-6-10-35(48-4)11-7-31)26-32-8-12-36(49-5)13-9-32/h6-17,22-23,29,33,43H,18-21,24-28H2,1-5H3. The lowest BCUT2D eigenvalue weighted by Gasteiger charge is -2.29. The largest absolute Gasteiger partial charge is 0.497 e. The molecule has 0 aromatic heterocycles. The number of ether oxygens (including phenoxy) is 4. The van der Waals surface area contributed by atoms with Crippen LogP contribution in [-0.2, 0) is 44.5 Å². The molecule has 0 unspecified atom stereocenters. The molecule has 5 rings (SSSR count). The molecule has 286 valence electrons. The molecule has 4 aromatic rings. The van der Waals surface area contributed by atoms with Gasteiger partial charge in [-0.1, -0.05) is 38.1 Å². The first kappa shape index (κ1) is 40.1. The van der Waals surface area contributed by atoms with Gasteiger partial charge >= 0.3 is 0 Å². The third-order valence-electron chi connectivity index (χ3n) is 9.25. The SMILES string of the molecule is COc1ccc(CN(Cc2ccc(OC)cc2)S(=O)(=O)c2ccc(N(CC(C)C)S(=O)(=O)c3ccc(OCC4CCOCC4)c(CO)c3)c(C)c2)cc1. The molecule has 11 nitrogen and oxygen atoms in total. The zero-order valence-electron chi connectivity index (χ0n) is 31.0. The number of sulfonamides is 2. The van der Waals surface area contributed by atoms with Crippen molar-refractivity contribution in [2.75, 3.05) is 44.9 Å². The lowest BCUT2D eigenvalue weighted by Crippen LogP contribution is -2.35. The molecule has 13 heteroatoms. The number of hydrogen-bond acceptors (Lipinski definition) is 9. The van der Waals surface area contributed by atoms with Crippen LogP contribution in [0, 0.1) is 18.8 Å². The Labute approximate surface area is 314 Å². The highest BCUT2D eigenvalue weighted by Crippen LogP contribution is 2.33. The molecule has 1 heterocycles. The number of aliphatic hydroxyl groups excluding tert-OH is 1. The van der Waals surface area contributed by atoms with Crippen LogP contribution in [0.3, 0.4) is 0 Å². The summed E-state index contributed by atoms with van der Waals surface area (Å²) in [5.41, 5.74) is 2.75. The van der Waals surface area contributed by atoms with E-state index in [0.717, 1.165) is 24.0 Å². The van der Waals surface area contributed by atoms with E-state index in [-0.39, 0.29) is 35.3 Å². The lowest BCUT2D eigenvalue weighted by atomic mass is 10.0. The average Bonchev–Trinajstić information content (AvgIpc) is 3.16. The van der Waals surface area contributed by atoms with E-state index >= 15 is 0 Å². The van der Waals surface area contributed by atoms with Gasteiger partial charge < -0.3 is 24.1 Å². The Morgan fingerprint density at radius 3 is 1.83 bits per heavy atom. The van der Waals surface area contributed by atoms with Gasteiger partial charge in [0.05, 0.1) is 42.9 Å². The number of aryl methyl sites for hydroxylation is 1. The topological polar surface area (TPSA) is 132 Å². The fraction of sp³-hybridized carbons (Fsp3) is 0.400. The Morgan fingerprint density at radius 1 is 0.774 bits per heavy atom. The average molecular weight is 767 g/mol. The zero-order chi connectivity index (χ0) is 38.2. The van der Waals surface area contributed by atoms with E-state index in [1.807, 2.05) is 38.1 Å². The van der Waals surface area contributed by atoms with Crippen LogP contribution in [0.2, 0.25) is 0 Å². The molecule has 1 saturated heterocycles. The van der Waals surface area contributed by atoms with Gasteiger partial charge in [0.2, 0.25) is 10.0 Å². The van der Waals surface area contributed by atoms with E-state index in [9.17, 15) is 21.9 Å². The summed E-state index contributed by atoms with van der Waals surface area (Å²) >= 11 is 0. The van der Waals surface area contributed by atoms with Crippen LogP contribution in [0.1, 0.15) is 48.9 Å². The Bertz CT molecular complexity index is 1980. The third-order valence-corrected chi connectivity index (χ3v) is 12.8. The van der Waals surface area contributed by atoms with Crippen molar-refractivity contribution < 1.29 is 40.9 Å². The Morgan fingerprint density at radius 2 is 1.32 bits per heavy atom. The van der Waals surface area contributed by atoms with Crippen molar-refractivity contribution in [3.63, 3.8) is 0 Å².